The van der Waals surface area contributed by atoms with Crippen LogP contribution in [0.1, 0.15) is 55.9 Å². The molecule has 0 amide bonds. The maximum Gasteiger partial charge on any atom is 0.326 e. The summed E-state index contributed by atoms with van der Waals surface area (Å²) in [6.07, 6.45) is 0.804. The van der Waals surface area contributed by atoms with Gasteiger partial charge in [0, 0.05) is 18.5 Å². The Balaban J connectivity index is 1.68. The summed E-state index contributed by atoms with van der Waals surface area (Å²) >= 11 is 0. The molecule has 13 heteroatoms. The number of hydrogen-bond donors (Lipinski definition) is 4. The molecule has 0 unspecified atom stereocenters. The Labute approximate surface area is 221 Å². The Morgan fingerprint density at radius 3 is 2.45 bits per heavy atom. The van der Waals surface area contributed by atoms with Crippen molar-refractivity contribution < 1.29 is 27.8 Å². The fourth-order valence-corrected chi connectivity index (χ4v) is 6.10. The Kier molecular flexibility index (Phi) is 8.10. The lowest BCUT2D eigenvalue weighted by molar-refractivity contribution is -0.138. The summed E-state index contributed by atoms with van der Waals surface area (Å²) in [4.78, 5) is 39.2. The van der Waals surface area contributed by atoms with Crippen molar-refractivity contribution in [3.05, 3.63) is 42.7 Å². The summed E-state index contributed by atoms with van der Waals surface area (Å²) in [5, 5.41) is 12.0. The molecule has 3 rings (SSSR count). The van der Waals surface area contributed by atoms with Crippen molar-refractivity contribution in [2.75, 3.05) is 18.5 Å². The highest BCUT2D eigenvalue weighted by Crippen LogP contribution is 2.43. The molecule has 0 saturated carbocycles. The van der Waals surface area contributed by atoms with E-state index in [1.807, 2.05) is 20.8 Å². The minimum Gasteiger partial charge on any atom is -0.488 e. The molecule has 0 saturated heterocycles. The van der Waals surface area contributed by atoms with Crippen molar-refractivity contribution in [3.63, 3.8) is 0 Å². The topological polar surface area (TPSA) is 186 Å². The summed E-state index contributed by atoms with van der Waals surface area (Å²) < 4.78 is 40.0. The number of fused-ring (bicyclic) bond motifs is 1. The van der Waals surface area contributed by atoms with Gasteiger partial charge in [-0.05, 0) is 71.1 Å². The Hall–Kier alpha value is -3.61. The molecule has 0 aromatic heterocycles. The van der Waals surface area contributed by atoms with Gasteiger partial charge in [-0.1, -0.05) is 0 Å². The second kappa shape index (κ2) is 10.6. The average molecular weight is 551 g/mol. The molecule has 1 aliphatic rings. The summed E-state index contributed by atoms with van der Waals surface area (Å²) in [5.41, 5.74) is 6.36. The van der Waals surface area contributed by atoms with E-state index in [0.29, 0.717) is 23.3 Å². The van der Waals surface area contributed by atoms with E-state index in [9.17, 15) is 27.9 Å². The molecule has 0 fully saturated rings. The van der Waals surface area contributed by atoms with Crippen molar-refractivity contribution >= 4 is 27.6 Å². The van der Waals surface area contributed by atoms with Crippen LogP contribution in [-0.4, -0.2) is 50.2 Å². The van der Waals surface area contributed by atoms with E-state index < -0.39 is 38.5 Å². The summed E-state index contributed by atoms with van der Waals surface area (Å²) in [6.45, 7) is 11.0. The van der Waals surface area contributed by atoms with Gasteiger partial charge in [0.2, 0.25) is 5.96 Å². The zero-order chi connectivity index (χ0) is 28.6. The summed E-state index contributed by atoms with van der Waals surface area (Å²) in [5.74, 6) is -1.03. The maximum absolute atomic E-state index is 13.3. The fourth-order valence-electron chi connectivity index (χ4n) is 4.58. The molecule has 0 spiro atoms. The zero-order valence-corrected chi connectivity index (χ0v) is 23.2. The Morgan fingerprint density at radius 2 is 1.84 bits per heavy atom. The van der Waals surface area contributed by atoms with Crippen LogP contribution in [0.25, 0.3) is 0 Å². The second-order valence-corrected chi connectivity index (χ2v) is 11.5. The second-order valence-electron chi connectivity index (χ2n) is 9.90. The summed E-state index contributed by atoms with van der Waals surface area (Å²) in [7, 11) is -4.06. The third-order valence-electron chi connectivity index (χ3n) is 6.50. The zero-order valence-electron chi connectivity index (χ0n) is 22.4. The van der Waals surface area contributed by atoms with Gasteiger partial charge in [0.15, 0.2) is 5.75 Å². The van der Waals surface area contributed by atoms with Gasteiger partial charge >= 0.3 is 5.97 Å². The van der Waals surface area contributed by atoms with Crippen LogP contribution in [0, 0.1) is 20.8 Å². The number of ether oxygens (including phenoxy) is 2. The van der Waals surface area contributed by atoms with Crippen molar-refractivity contribution in [1.82, 2.24) is 4.72 Å². The highest BCUT2D eigenvalue weighted by molar-refractivity contribution is 7.90. The lowest BCUT2D eigenvalue weighted by atomic mass is 9.94. The lowest BCUT2D eigenvalue weighted by Crippen LogP contribution is -2.40. The number of aliphatic carboxylic acids is 1. The minimum absolute atomic E-state index is 0.0211. The molecule has 208 valence electrons. The number of carboxylic acid groups (broad SMARTS) is 1. The van der Waals surface area contributed by atoms with Crippen molar-refractivity contribution in [1.29, 1.82) is 0 Å². The predicted molar refractivity (Wildman–Crippen MR) is 143 cm³/mol. The molecule has 0 radical (unpaired) electrons. The van der Waals surface area contributed by atoms with Gasteiger partial charge in [-0.25, -0.2) is 17.9 Å². The normalized spacial score (nSPS) is 15.6. The van der Waals surface area contributed by atoms with Crippen LogP contribution in [0.5, 0.6) is 11.5 Å². The lowest BCUT2D eigenvalue weighted by Gasteiger charge is -2.19. The van der Waals surface area contributed by atoms with E-state index in [4.69, 9.17) is 15.2 Å². The number of anilines is 1. The molecule has 1 aliphatic heterocycles. The molecular formula is C25H34N4O8S. The molecule has 5 N–H and O–H groups in total. The SMILES string of the molecule is CCOc1c(N[C@@H](CCCN=C(N)NS(=O)(=O)c2c(C)c(C)c3c(c2C)CC(C)(C)O3)C(=O)O)c(=O)c1=O. The number of carbonyl (C=O) groups is 1. The molecule has 0 bridgehead atoms. The quantitative estimate of drug-likeness (QED) is 0.137. The largest absolute Gasteiger partial charge is 0.488 e. The third-order valence-corrected chi connectivity index (χ3v) is 8.13. The number of nitrogens with one attached hydrogen (secondary N) is 2. The molecule has 2 aromatic carbocycles. The molecule has 38 heavy (non-hydrogen) atoms. The van der Waals surface area contributed by atoms with Crippen LogP contribution >= 0.6 is 0 Å². The first-order valence-corrected chi connectivity index (χ1v) is 13.7. The molecule has 2 aromatic rings. The highest BCUT2D eigenvalue weighted by atomic mass is 32.2. The standard InChI is InChI=1S/C25H34N4O8S/c1-7-36-21-17(18(30)19(21)31)28-16(23(32)33)9-8-10-27-24(26)29-38(34,35)22-13(3)12(2)20-15(14(22)4)11-25(5,6)37-20/h16,28H,7-11H2,1-6H3,(H,32,33)(H3,26,27,29)/t16-/m0/s1. The van der Waals surface area contributed by atoms with Crippen LogP contribution < -0.4 is 36.1 Å². The molecule has 0 aliphatic carbocycles. The van der Waals surface area contributed by atoms with Gasteiger partial charge in [0.25, 0.3) is 20.9 Å². The van der Waals surface area contributed by atoms with E-state index >= 15 is 0 Å². The van der Waals surface area contributed by atoms with Crippen LogP contribution in [0.4, 0.5) is 5.69 Å². The first kappa shape index (κ1) is 29.0. The smallest absolute Gasteiger partial charge is 0.326 e. The number of carboxylic acids is 1. The van der Waals surface area contributed by atoms with Crippen LogP contribution in [-0.2, 0) is 21.2 Å². The van der Waals surface area contributed by atoms with Gasteiger partial charge in [-0.3, -0.25) is 14.6 Å². The van der Waals surface area contributed by atoms with Crippen LogP contribution in [0.3, 0.4) is 0 Å². The number of aliphatic imine (C=N–C) groups is 1. The number of benzene rings is 1. The van der Waals surface area contributed by atoms with Crippen molar-refractivity contribution in [3.8, 4) is 11.5 Å². The van der Waals surface area contributed by atoms with Gasteiger partial charge in [-0.2, -0.15) is 0 Å². The number of hydrogen-bond acceptors (Lipinski definition) is 9. The van der Waals surface area contributed by atoms with Crippen LogP contribution in [0.2, 0.25) is 0 Å². The number of sulfonamides is 1. The van der Waals surface area contributed by atoms with E-state index in [-0.39, 0.29) is 48.3 Å². The van der Waals surface area contributed by atoms with Crippen molar-refractivity contribution in [2.24, 2.45) is 10.7 Å². The van der Waals surface area contributed by atoms with E-state index in [0.717, 1.165) is 11.1 Å². The predicted octanol–water partition coefficient (Wildman–Crippen LogP) is 1.26. The number of nitrogens with zero attached hydrogens (tertiary/aromatic N) is 1. The van der Waals surface area contributed by atoms with E-state index in [1.54, 1.807) is 20.8 Å². The number of rotatable bonds is 11. The van der Waals surface area contributed by atoms with E-state index in [1.165, 1.54) is 0 Å². The molecule has 1 heterocycles. The van der Waals surface area contributed by atoms with Gasteiger partial charge in [-0.15, -0.1) is 0 Å². The molecule has 1 atom stereocenters. The van der Waals surface area contributed by atoms with Gasteiger partial charge in [0.05, 0.1) is 11.5 Å². The Morgan fingerprint density at radius 1 is 1.18 bits per heavy atom. The van der Waals surface area contributed by atoms with Gasteiger partial charge in [0.1, 0.15) is 23.1 Å². The van der Waals surface area contributed by atoms with Crippen LogP contribution in [0.15, 0.2) is 19.5 Å². The number of nitrogens with two attached hydrogens (primary N) is 1. The summed E-state index contributed by atoms with van der Waals surface area (Å²) in [6, 6.07) is -1.18. The molecule has 12 nitrogen and oxygen atoms in total. The highest BCUT2D eigenvalue weighted by Gasteiger charge is 2.36. The number of guanidine groups is 1. The van der Waals surface area contributed by atoms with Crippen molar-refractivity contribution in [2.45, 2.75) is 77.3 Å². The maximum atomic E-state index is 13.3. The minimum atomic E-state index is -4.06. The monoisotopic (exact) mass is 550 g/mol. The average Bonchev–Trinajstić information content (AvgIpc) is 3.16. The first-order chi connectivity index (χ1) is 17.6. The van der Waals surface area contributed by atoms with Gasteiger partial charge < -0.3 is 25.6 Å². The first-order valence-electron chi connectivity index (χ1n) is 12.2. The molecular weight excluding hydrogens is 516 g/mol. The third kappa shape index (κ3) is 5.62. The Bertz CT molecular complexity index is 1470. The fraction of sp³-hybridized carbons (Fsp3) is 0.520. The van der Waals surface area contributed by atoms with E-state index in [2.05, 4.69) is 15.0 Å².